The second kappa shape index (κ2) is 9.08. The lowest BCUT2D eigenvalue weighted by molar-refractivity contribution is -0.301. The van der Waals surface area contributed by atoms with Gasteiger partial charge in [-0.3, -0.25) is 19.4 Å². The molecule has 12 heteroatoms. The van der Waals surface area contributed by atoms with E-state index >= 15 is 0 Å². The first kappa shape index (κ1) is 28.5. The summed E-state index contributed by atoms with van der Waals surface area (Å²) in [5, 5.41) is 47.7. The quantitative estimate of drug-likeness (QED) is 0.290. The molecule has 4 heterocycles. The molecule has 2 aromatic rings. The van der Waals surface area contributed by atoms with E-state index in [-0.39, 0.29) is 40.2 Å². The van der Waals surface area contributed by atoms with Crippen LogP contribution in [0.4, 0.5) is 0 Å². The highest BCUT2D eigenvalue weighted by Gasteiger charge is 2.65. The number of hydrogen-bond donors (Lipinski definition) is 5. The molecule has 2 saturated heterocycles. The Hall–Kier alpha value is -3.94. The molecule has 2 fully saturated rings. The summed E-state index contributed by atoms with van der Waals surface area (Å²) >= 11 is 0. The number of aliphatic hydroxyl groups excluding tert-OH is 1. The van der Waals surface area contributed by atoms with E-state index in [1.54, 1.807) is 0 Å². The molecule has 2 aromatic carbocycles. The molecule has 1 spiro atoms. The molecule has 0 amide bonds. The monoisotopic (exact) mass is 616 g/mol. The topological polar surface area (TPSA) is 184 Å². The number of rotatable bonds is 3. The summed E-state index contributed by atoms with van der Waals surface area (Å²) in [5.41, 5.74) is -2.98. The number of benzene rings is 2. The second-order valence-corrected chi connectivity index (χ2v) is 13.1. The lowest BCUT2D eigenvalue weighted by atomic mass is 9.69. The van der Waals surface area contributed by atoms with Crippen LogP contribution < -0.4 is 5.32 Å². The number of aliphatic hydroxyl groups is 2. The Kier molecular flexibility index (Phi) is 5.75. The summed E-state index contributed by atoms with van der Waals surface area (Å²) in [6.07, 6.45) is -1.93. The van der Waals surface area contributed by atoms with Crippen molar-refractivity contribution in [1.29, 1.82) is 0 Å². The number of phenolic OH excluding ortho intramolecular Hbond substituents is 2. The molecule has 0 radical (unpaired) electrons. The molecule has 2 aliphatic carbocycles. The average Bonchev–Trinajstić information content (AvgIpc) is 3.62. The van der Waals surface area contributed by atoms with E-state index in [1.807, 2.05) is 13.0 Å². The van der Waals surface area contributed by atoms with Gasteiger partial charge in [0.05, 0.1) is 28.9 Å². The number of carbonyl (C=O) groups excluding carboxylic acids is 3. The molecule has 0 unspecified atom stereocenters. The molecule has 12 nitrogen and oxygen atoms in total. The first-order chi connectivity index (χ1) is 21.3. The van der Waals surface area contributed by atoms with Gasteiger partial charge in [0.25, 0.3) is 0 Å². The highest BCUT2D eigenvalue weighted by molar-refractivity contribution is 6.30. The van der Waals surface area contributed by atoms with Crippen molar-refractivity contribution in [3.05, 3.63) is 69.3 Å². The van der Waals surface area contributed by atoms with E-state index in [4.69, 9.17) is 14.2 Å². The molecule has 45 heavy (non-hydrogen) atoms. The largest absolute Gasteiger partial charge is 0.507 e. The molecular formula is C33H32N2O10. The highest BCUT2D eigenvalue weighted by atomic mass is 16.7. The molecule has 0 aromatic heterocycles. The minimum atomic E-state index is -2.12. The van der Waals surface area contributed by atoms with Crippen molar-refractivity contribution in [3.63, 3.8) is 0 Å². The summed E-state index contributed by atoms with van der Waals surface area (Å²) in [6, 6.07) is 5.76. The van der Waals surface area contributed by atoms with Crippen LogP contribution in [0.3, 0.4) is 0 Å². The number of amidine groups is 1. The van der Waals surface area contributed by atoms with Gasteiger partial charge in [-0.2, -0.15) is 0 Å². The van der Waals surface area contributed by atoms with Crippen LogP contribution in [0.5, 0.6) is 11.5 Å². The van der Waals surface area contributed by atoms with Crippen LogP contribution in [0.25, 0.3) is 0 Å². The van der Waals surface area contributed by atoms with Crippen LogP contribution in [0.2, 0.25) is 0 Å². The number of ketones is 3. The number of carbonyl (C=O) groups is 3. The summed E-state index contributed by atoms with van der Waals surface area (Å²) in [4.78, 5) is 44.4. The molecule has 234 valence electrons. The van der Waals surface area contributed by atoms with Gasteiger partial charge in [0.2, 0.25) is 0 Å². The van der Waals surface area contributed by atoms with E-state index in [0.717, 1.165) is 12.0 Å². The Morgan fingerprint density at radius 1 is 1.16 bits per heavy atom. The third-order valence-electron chi connectivity index (χ3n) is 10.5. The van der Waals surface area contributed by atoms with Crippen molar-refractivity contribution in [3.8, 4) is 11.5 Å². The van der Waals surface area contributed by atoms with Gasteiger partial charge in [0, 0.05) is 35.6 Å². The minimum absolute atomic E-state index is 0.00452. The standard InChI is InChI=1S/C33H32N2O10/c1-13(36)33(42)14(2)43-22(10-21(33)38)44-29-18-9-17-25(26(39)16-5-4-6-20(37)24(16)27(17)40)28(41)23(18)19-12-31(29,3)45-32(19)11-15-7-8-34-30(15)35-32/h4-6,9,11,14,19,21-22,29,37-38,41-42H,7-8,10,12H2,1-3H3,(H,34,35)/t14-,19-,21+,22-,29+,31+,32+,33+/m0/s1. The fraction of sp³-hybridized carbons (Fsp3) is 0.455. The molecule has 0 saturated carbocycles. The van der Waals surface area contributed by atoms with Crippen molar-refractivity contribution in [2.75, 3.05) is 6.54 Å². The number of aromatic hydroxyl groups is 2. The molecular weight excluding hydrogens is 584 g/mol. The fourth-order valence-corrected chi connectivity index (χ4v) is 8.28. The number of Topliss-reactive ketones (excluding diaryl/α,β-unsaturated/α-hetero) is 1. The molecule has 2 bridgehead atoms. The summed E-state index contributed by atoms with van der Waals surface area (Å²) in [6.45, 7) is 5.13. The molecule has 6 aliphatic rings. The van der Waals surface area contributed by atoms with Gasteiger partial charge in [0.15, 0.2) is 35.0 Å². The maximum absolute atomic E-state index is 13.8. The van der Waals surface area contributed by atoms with E-state index < -0.39 is 64.8 Å². The molecule has 8 atom stereocenters. The number of nitrogens with zero attached hydrogens (tertiary/aromatic N) is 1. The Morgan fingerprint density at radius 2 is 1.91 bits per heavy atom. The third-order valence-corrected chi connectivity index (χ3v) is 10.5. The number of fused-ring (bicyclic) bond motifs is 8. The van der Waals surface area contributed by atoms with Crippen molar-refractivity contribution in [1.82, 2.24) is 5.32 Å². The minimum Gasteiger partial charge on any atom is -0.507 e. The van der Waals surface area contributed by atoms with E-state index in [0.29, 0.717) is 29.9 Å². The lowest BCUT2D eigenvalue weighted by Gasteiger charge is -2.46. The predicted molar refractivity (Wildman–Crippen MR) is 155 cm³/mol. The SMILES string of the molecule is CC(=O)[C@]1(O)[C@H](O)C[C@H](O[C@@H]2c3cc4c(c(O)c3[C@@H]3C[C@@]2(C)O[C@]32C=C3CCN=C3N2)C(=O)c2cccc(O)c2C4=O)O[C@H]1C. The normalized spacial score (nSPS) is 37.4. The van der Waals surface area contributed by atoms with Crippen molar-refractivity contribution in [2.24, 2.45) is 4.99 Å². The van der Waals surface area contributed by atoms with Crippen LogP contribution in [-0.4, -0.2) is 85.6 Å². The maximum Gasteiger partial charge on any atom is 0.198 e. The number of phenols is 2. The third kappa shape index (κ3) is 3.59. The van der Waals surface area contributed by atoms with Gasteiger partial charge in [0.1, 0.15) is 23.4 Å². The highest BCUT2D eigenvalue weighted by Crippen LogP contribution is 2.63. The van der Waals surface area contributed by atoms with Crippen LogP contribution in [-0.2, 0) is 19.0 Å². The van der Waals surface area contributed by atoms with Crippen molar-refractivity contribution >= 4 is 23.2 Å². The molecule has 8 rings (SSSR count). The van der Waals surface area contributed by atoms with Crippen LogP contribution in [0.1, 0.15) is 95.0 Å². The average molecular weight is 617 g/mol. The fourth-order valence-electron chi connectivity index (χ4n) is 8.28. The number of ether oxygens (including phenoxy) is 3. The van der Waals surface area contributed by atoms with Gasteiger partial charge in [-0.25, -0.2) is 0 Å². The zero-order valence-electron chi connectivity index (χ0n) is 24.8. The van der Waals surface area contributed by atoms with Crippen LogP contribution in [0, 0.1) is 0 Å². The Bertz CT molecular complexity index is 1800. The van der Waals surface area contributed by atoms with E-state index in [1.165, 1.54) is 38.1 Å². The van der Waals surface area contributed by atoms with Gasteiger partial charge in [-0.05, 0) is 63.0 Å². The zero-order chi connectivity index (χ0) is 31.8. The lowest BCUT2D eigenvalue weighted by Crippen LogP contribution is -2.62. The van der Waals surface area contributed by atoms with Gasteiger partial charge < -0.3 is 40.0 Å². The maximum atomic E-state index is 13.8. The summed E-state index contributed by atoms with van der Waals surface area (Å²) in [5.74, 6) is -2.39. The number of aliphatic imine (C=N–C) groups is 1. The second-order valence-electron chi connectivity index (χ2n) is 13.1. The smallest absolute Gasteiger partial charge is 0.198 e. The number of nitrogens with one attached hydrogen (secondary N) is 1. The van der Waals surface area contributed by atoms with E-state index in [2.05, 4.69) is 10.3 Å². The molecule has 4 aliphatic heterocycles. The first-order valence-corrected chi connectivity index (χ1v) is 15.1. The van der Waals surface area contributed by atoms with Gasteiger partial charge in [-0.15, -0.1) is 0 Å². The Morgan fingerprint density at radius 3 is 2.62 bits per heavy atom. The number of hydrogen-bond acceptors (Lipinski definition) is 12. The Labute approximate surface area is 257 Å². The molecule has 5 N–H and O–H groups in total. The predicted octanol–water partition coefficient (Wildman–Crippen LogP) is 2.05. The van der Waals surface area contributed by atoms with Gasteiger partial charge in [-0.1, -0.05) is 12.1 Å². The summed E-state index contributed by atoms with van der Waals surface area (Å²) < 4.78 is 19.3. The van der Waals surface area contributed by atoms with Crippen LogP contribution in [0.15, 0.2) is 40.9 Å². The van der Waals surface area contributed by atoms with Gasteiger partial charge >= 0.3 is 0 Å². The van der Waals surface area contributed by atoms with Crippen molar-refractivity contribution in [2.45, 2.75) is 87.5 Å². The zero-order valence-corrected chi connectivity index (χ0v) is 24.8. The van der Waals surface area contributed by atoms with Crippen molar-refractivity contribution < 1.29 is 49.0 Å². The first-order valence-electron chi connectivity index (χ1n) is 15.1. The van der Waals surface area contributed by atoms with Crippen LogP contribution >= 0.6 is 0 Å². The Balaban J connectivity index is 1.29. The van der Waals surface area contributed by atoms with E-state index in [9.17, 15) is 34.8 Å². The summed E-state index contributed by atoms with van der Waals surface area (Å²) in [7, 11) is 0.